The van der Waals surface area contributed by atoms with Gasteiger partial charge < -0.3 is 14.8 Å². The van der Waals surface area contributed by atoms with Crippen LogP contribution in [0.4, 0.5) is 11.4 Å². The van der Waals surface area contributed by atoms with Crippen LogP contribution in [0.2, 0.25) is 0 Å². The summed E-state index contributed by atoms with van der Waals surface area (Å²) in [5.41, 5.74) is 0.678. The van der Waals surface area contributed by atoms with Crippen molar-refractivity contribution < 1.29 is 19.2 Å². The molecule has 31 heavy (non-hydrogen) atoms. The summed E-state index contributed by atoms with van der Waals surface area (Å²) in [6.07, 6.45) is 0. The number of anilines is 1. The lowest BCUT2D eigenvalue weighted by molar-refractivity contribution is -0.384. The number of carbonyl (C=O) groups excluding carboxylic acids is 1. The molecule has 0 aliphatic carbocycles. The van der Waals surface area contributed by atoms with Gasteiger partial charge in [-0.25, -0.2) is 4.68 Å². The van der Waals surface area contributed by atoms with E-state index in [1.807, 2.05) is 0 Å². The van der Waals surface area contributed by atoms with Crippen molar-refractivity contribution in [1.29, 1.82) is 0 Å². The van der Waals surface area contributed by atoms with Crippen LogP contribution in [0.15, 0.2) is 59.4 Å². The second kappa shape index (κ2) is 9.08. The van der Waals surface area contributed by atoms with Gasteiger partial charge in [0.15, 0.2) is 0 Å². The van der Waals surface area contributed by atoms with Gasteiger partial charge in [-0.05, 0) is 43.3 Å². The molecule has 1 unspecified atom stereocenters. The van der Waals surface area contributed by atoms with Gasteiger partial charge in [0.1, 0.15) is 17.5 Å². The van der Waals surface area contributed by atoms with Gasteiger partial charge in [0.2, 0.25) is 5.91 Å². The molecule has 1 atom stereocenters. The van der Waals surface area contributed by atoms with Crippen LogP contribution in [-0.4, -0.2) is 34.8 Å². The first-order chi connectivity index (χ1) is 14.8. The van der Waals surface area contributed by atoms with Crippen LogP contribution in [0.1, 0.15) is 13.0 Å². The van der Waals surface area contributed by atoms with Crippen LogP contribution in [-0.2, 0) is 4.79 Å². The number of nitrogens with one attached hydrogen (secondary N) is 1. The Morgan fingerprint density at radius 2 is 1.81 bits per heavy atom. The topological polar surface area (TPSA) is 126 Å². The first-order valence-corrected chi connectivity index (χ1v) is 9.21. The number of carbonyl (C=O) groups is 1. The van der Waals surface area contributed by atoms with Gasteiger partial charge in [-0.15, -0.1) is 0 Å². The smallest absolute Gasteiger partial charge is 0.271 e. The van der Waals surface area contributed by atoms with Gasteiger partial charge >= 0.3 is 0 Å². The van der Waals surface area contributed by atoms with E-state index in [1.165, 1.54) is 38.3 Å². The quantitative estimate of drug-likeness (QED) is 0.456. The Morgan fingerprint density at radius 3 is 2.42 bits per heavy atom. The minimum atomic E-state index is -0.991. The highest BCUT2D eigenvalue weighted by molar-refractivity contribution is 5.95. The Bertz CT molecular complexity index is 1170. The number of hydrogen-bond acceptors (Lipinski definition) is 7. The summed E-state index contributed by atoms with van der Waals surface area (Å²) < 4.78 is 11.3. The van der Waals surface area contributed by atoms with Crippen LogP contribution in [0, 0.1) is 10.1 Å². The minimum absolute atomic E-state index is 0.118. The van der Waals surface area contributed by atoms with E-state index in [0.717, 1.165) is 10.2 Å². The Kier molecular flexibility index (Phi) is 6.29. The molecule has 0 radical (unpaired) electrons. The number of methoxy groups -OCH3 is 2. The standard InChI is InChI=1S/C21H20N4O6/c1-13(21(27)22-18-12-15(25(28)29)6-10-19(18)31-3)24-20(26)11-9-17(23-24)14-4-7-16(30-2)8-5-14/h4-13H,1-3H3,(H,22,27). The summed E-state index contributed by atoms with van der Waals surface area (Å²) in [7, 11) is 2.94. The maximum atomic E-state index is 12.8. The molecule has 2 aromatic carbocycles. The molecule has 0 bridgehead atoms. The maximum absolute atomic E-state index is 12.8. The molecule has 1 aromatic heterocycles. The summed E-state index contributed by atoms with van der Waals surface area (Å²) in [5, 5.41) is 17.9. The Morgan fingerprint density at radius 1 is 1.10 bits per heavy atom. The third-order valence-electron chi connectivity index (χ3n) is 4.61. The van der Waals surface area contributed by atoms with E-state index < -0.39 is 22.4 Å². The molecule has 1 amide bonds. The van der Waals surface area contributed by atoms with Gasteiger partial charge in [-0.2, -0.15) is 5.10 Å². The monoisotopic (exact) mass is 424 g/mol. The summed E-state index contributed by atoms with van der Waals surface area (Å²) in [5.74, 6) is 0.342. The first kappa shape index (κ1) is 21.5. The zero-order valence-corrected chi connectivity index (χ0v) is 17.1. The number of hydrogen-bond donors (Lipinski definition) is 1. The zero-order valence-electron chi connectivity index (χ0n) is 17.1. The summed E-state index contributed by atoms with van der Waals surface area (Å²) >= 11 is 0. The fraction of sp³-hybridized carbons (Fsp3) is 0.190. The largest absolute Gasteiger partial charge is 0.497 e. The number of aromatic nitrogens is 2. The van der Waals surface area contributed by atoms with Crippen molar-refractivity contribution in [2.75, 3.05) is 19.5 Å². The lowest BCUT2D eigenvalue weighted by Crippen LogP contribution is -2.33. The van der Waals surface area contributed by atoms with Crippen LogP contribution >= 0.6 is 0 Å². The third-order valence-corrected chi connectivity index (χ3v) is 4.61. The summed E-state index contributed by atoms with van der Waals surface area (Å²) in [4.78, 5) is 35.6. The average Bonchev–Trinajstić information content (AvgIpc) is 2.78. The number of nitro benzene ring substituents is 1. The van der Waals surface area contributed by atoms with E-state index in [0.29, 0.717) is 11.4 Å². The lowest BCUT2D eigenvalue weighted by atomic mass is 10.1. The molecule has 0 saturated carbocycles. The van der Waals surface area contributed by atoms with E-state index in [-0.39, 0.29) is 17.1 Å². The first-order valence-electron chi connectivity index (χ1n) is 9.21. The molecule has 10 nitrogen and oxygen atoms in total. The van der Waals surface area contributed by atoms with Crippen LogP contribution in [0.25, 0.3) is 11.3 Å². The molecular weight excluding hydrogens is 404 g/mol. The highest BCUT2D eigenvalue weighted by atomic mass is 16.6. The summed E-state index contributed by atoms with van der Waals surface area (Å²) in [6, 6.07) is 12.8. The molecule has 10 heteroatoms. The van der Waals surface area contributed by atoms with Crippen molar-refractivity contribution >= 4 is 17.3 Å². The number of amides is 1. The SMILES string of the molecule is COc1ccc(-c2ccc(=O)n(C(C)C(=O)Nc3cc([N+](=O)[O-])ccc3OC)n2)cc1. The number of nitro groups is 1. The molecule has 3 aromatic rings. The predicted molar refractivity (Wildman–Crippen MR) is 113 cm³/mol. The molecule has 0 aliphatic rings. The lowest BCUT2D eigenvalue weighted by Gasteiger charge is -2.16. The zero-order chi connectivity index (χ0) is 22.5. The van der Waals surface area contributed by atoms with Crippen molar-refractivity contribution in [1.82, 2.24) is 9.78 Å². The van der Waals surface area contributed by atoms with E-state index >= 15 is 0 Å². The minimum Gasteiger partial charge on any atom is -0.497 e. The molecule has 0 spiro atoms. The van der Waals surface area contributed by atoms with Crippen molar-refractivity contribution in [2.45, 2.75) is 13.0 Å². The Balaban J connectivity index is 1.89. The molecule has 1 N–H and O–H groups in total. The maximum Gasteiger partial charge on any atom is 0.271 e. The number of rotatable bonds is 7. The van der Waals surface area contributed by atoms with Crippen LogP contribution in [0.3, 0.4) is 0 Å². The molecular formula is C21H20N4O6. The fourth-order valence-corrected chi connectivity index (χ4v) is 2.87. The van der Waals surface area contributed by atoms with Crippen molar-refractivity contribution in [3.8, 4) is 22.8 Å². The molecule has 160 valence electrons. The van der Waals surface area contributed by atoms with Gasteiger partial charge in [0.25, 0.3) is 11.2 Å². The molecule has 0 saturated heterocycles. The fourth-order valence-electron chi connectivity index (χ4n) is 2.87. The van der Waals surface area contributed by atoms with Gasteiger partial charge in [0, 0.05) is 23.8 Å². The van der Waals surface area contributed by atoms with Crippen LogP contribution in [0.5, 0.6) is 11.5 Å². The number of ether oxygens (including phenoxy) is 2. The highest BCUT2D eigenvalue weighted by Gasteiger charge is 2.21. The van der Waals surface area contributed by atoms with Crippen molar-refractivity contribution in [3.63, 3.8) is 0 Å². The number of nitrogens with zero attached hydrogens (tertiary/aromatic N) is 3. The second-order valence-corrected chi connectivity index (χ2v) is 6.54. The Labute approximate surface area is 177 Å². The molecule has 1 heterocycles. The predicted octanol–water partition coefficient (Wildman–Crippen LogP) is 3.04. The van der Waals surface area contributed by atoms with E-state index in [2.05, 4.69) is 10.4 Å². The van der Waals surface area contributed by atoms with E-state index in [4.69, 9.17) is 9.47 Å². The third kappa shape index (κ3) is 4.69. The van der Waals surface area contributed by atoms with Crippen LogP contribution < -0.4 is 20.3 Å². The second-order valence-electron chi connectivity index (χ2n) is 6.54. The van der Waals surface area contributed by atoms with Gasteiger partial charge in [-0.3, -0.25) is 19.7 Å². The molecule has 3 rings (SSSR count). The molecule has 0 fully saturated rings. The molecule has 0 aliphatic heterocycles. The Hall–Kier alpha value is -4.21. The van der Waals surface area contributed by atoms with E-state index in [9.17, 15) is 19.7 Å². The summed E-state index contributed by atoms with van der Waals surface area (Å²) in [6.45, 7) is 1.51. The number of non-ortho nitro benzene ring substituents is 1. The van der Waals surface area contributed by atoms with Gasteiger partial charge in [-0.1, -0.05) is 0 Å². The van der Waals surface area contributed by atoms with E-state index in [1.54, 1.807) is 37.4 Å². The number of benzene rings is 2. The normalized spacial score (nSPS) is 11.5. The van der Waals surface area contributed by atoms with Crippen molar-refractivity contribution in [2.24, 2.45) is 0 Å². The highest BCUT2D eigenvalue weighted by Crippen LogP contribution is 2.29. The average molecular weight is 424 g/mol. The van der Waals surface area contributed by atoms with Crippen molar-refractivity contribution in [3.05, 3.63) is 75.1 Å². The van der Waals surface area contributed by atoms with Gasteiger partial charge in [0.05, 0.1) is 30.5 Å².